The summed E-state index contributed by atoms with van der Waals surface area (Å²) in [4.78, 5) is 12.2. The summed E-state index contributed by atoms with van der Waals surface area (Å²) in [6, 6.07) is 0. The number of nitrogens with two attached hydrogens (primary N) is 1. The van der Waals surface area contributed by atoms with Crippen molar-refractivity contribution in [1.82, 2.24) is 19.5 Å². The average molecular weight is 377 g/mol. The number of aromatic nitrogens is 4. The number of rotatable bonds is 2. The van der Waals surface area contributed by atoms with Crippen molar-refractivity contribution in [2.45, 2.75) is 22.4 Å². The Hall–Kier alpha value is -1.04. The molecule has 0 radical (unpaired) electrons. The second kappa shape index (κ2) is 4.81. The predicted octanol–water partition coefficient (Wildman–Crippen LogP) is -0.537. The maximum atomic E-state index is 9.97. The highest BCUT2D eigenvalue weighted by Gasteiger charge is 2.43. The molecule has 102 valence electrons. The Morgan fingerprint density at radius 2 is 2.21 bits per heavy atom. The number of hydrogen-bond acceptors (Lipinski definition) is 7. The van der Waals surface area contributed by atoms with Gasteiger partial charge in [-0.25, -0.2) is 15.0 Å². The van der Waals surface area contributed by atoms with Crippen molar-refractivity contribution >= 4 is 39.6 Å². The minimum Gasteiger partial charge on any atom is -0.394 e. The van der Waals surface area contributed by atoms with Gasteiger partial charge in [0.1, 0.15) is 17.9 Å². The Bertz CT molecular complexity index is 606. The fraction of sp³-hybridized carbons (Fsp3) is 0.500. The van der Waals surface area contributed by atoms with Gasteiger partial charge in [0, 0.05) is 0 Å². The molecule has 0 spiro atoms. The van der Waals surface area contributed by atoms with Crippen LogP contribution < -0.4 is 5.73 Å². The van der Waals surface area contributed by atoms with Gasteiger partial charge in [-0.2, -0.15) is 0 Å². The summed E-state index contributed by atoms with van der Waals surface area (Å²) >= 11 is 2.09. The molecule has 1 saturated heterocycles. The number of alkyl halides is 1. The van der Waals surface area contributed by atoms with Gasteiger partial charge in [0.05, 0.1) is 23.0 Å². The van der Waals surface area contributed by atoms with Gasteiger partial charge in [0.2, 0.25) is 0 Å². The van der Waals surface area contributed by atoms with Gasteiger partial charge in [-0.05, 0) is 0 Å². The molecule has 3 heterocycles. The Morgan fingerprint density at radius 3 is 2.89 bits per heavy atom. The van der Waals surface area contributed by atoms with Crippen LogP contribution in [0.1, 0.15) is 6.23 Å². The molecule has 2 aromatic heterocycles. The third-order valence-electron chi connectivity index (χ3n) is 3.13. The molecule has 9 heteroatoms. The number of aliphatic hydroxyl groups is 2. The molecule has 0 bridgehead atoms. The number of nitrogen functional groups attached to an aromatic ring is 1. The van der Waals surface area contributed by atoms with Crippen molar-refractivity contribution in [2.75, 3.05) is 12.3 Å². The maximum absolute atomic E-state index is 9.97. The van der Waals surface area contributed by atoms with E-state index in [0.29, 0.717) is 17.0 Å². The molecule has 1 fully saturated rings. The van der Waals surface area contributed by atoms with Crippen LogP contribution in [0.4, 0.5) is 5.82 Å². The monoisotopic (exact) mass is 377 g/mol. The van der Waals surface area contributed by atoms with Crippen molar-refractivity contribution in [1.29, 1.82) is 0 Å². The second-order valence-electron chi connectivity index (χ2n) is 4.27. The van der Waals surface area contributed by atoms with Gasteiger partial charge in [-0.3, -0.25) is 4.57 Å². The van der Waals surface area contributed by atoms with Crippen LogP contribution in [0.15, 0.2) is 12.7 Å². The Morgan fingerprint density at radius 1 is 1.42 bits per heavy atom. The van der Waals surface area contributed by atoms with Crippen LogP contribution in [0.5, 0.6) is 0 Å². The number of hydrogen-bond donors (Lipinski definition) is 3. The number of imidazole rings is 1. The molecule has 1 aliphatic heterocycles. The van der Waals surface area contributed by atoms with Gasteiger partial charge in [0.15, 0.2) is 17.7 Å². The van der Waals surface area contributed by atoms with E-state index in [2.05, 4.69) is 37.5 Å². The summed E-state index contributed by atoms with van der Waals surface area (Å²) in [5.74, 6) is 0.297. The van der Waals surface area contributed by atoms with E-state index in [4.69, 9.17) is 15.6 Å². The first-order valence-electron chi connectivity index (χ1n) is 5.65. The van der Waals surface area contributed by atoms with Crippen LogP contribution in [0.25, 0.3) is 11.2 Å². The van der Waals surface area contributed by atoms with Crippen LogP contribution in [0.2, 0.25) is 0 Å². The molecule has 8 nitrogen and oxygen atoms in total. The summed E-state index contributed by atoms with van der Waals surface area (Å²) in [6.07, 6.45) is 1.11. The highest BCUT2D eigenvalue weighted by molar-refractivity contribution is 14.1. The second-order valence-corrected chi connectivity index (χ2v) is 5.70. The van der Waals surface area contributed by atoms with Crippen molar-refractivity contribution < 1.29 is 14.9 Å². The van der Waals surface area contributed by atoms with Crippen LogP contribution in [-0.4, -0.2) is 52.5 Å². The van der Waals surface area contributed by atoms with E-state index in [1.165, 1.54) is 6.33 Å². The van der Waals surface area contributed by atoms with E-state index in [-0.39, 0.29) is 10.5 Å². The normalized spacial score (nSPS) is 31.1. The number of halogens is 1. The summed E-state index contributed by atoms with van der Waals surface area (Å²) in [7, 11) is 0. The van der Waals surface area contributed by atoms with E-state index >= 15 is 0 Å². The number of ether oxygens (including phenoxy) is 1. The third kappa shape index (κ3) is 1.96. The SMILES string of the molecule is Nc1ncnc2c1ncn2[C@@H]1O[C@H](CO)[C@H](O)[C@H]1I. The average Bonchev–Trinajstić information content (AvgIpc) is 2.94. The van der Waals surface area contributed by atoms with Crippen molar-refractivity contribution in [3.05, 3.63) is 12.7 Å². The minimum atomic E-state index is -0.743. The summed E-state index contributed by atoms with van der Waals surface area (Å²) in [5.41, 5.74) is 6.77. The fourth-order valence-electron chi connectivity index (χ4n) is 2.13. The lowest BCUT2D eigenvalue weighted by atomic mass is 10.2. The largest absolute Gasteiger partial charge is 0.394 e. The Kier molecular flexibility index (Phi) is 3.28. The zero-order valence-corrected chi connectivity index (χ0v) is 11.9. The van der Waals surface area contributed by atoms with E-state index < -0.39 is 18.4 Å². The van der Waals surface area contributed by atoms with E-state index in [0.717, 1.165) is 0 Å². The predicted molar refractivity (Wildman–Crippen MR) is 74.5 cm³/mol. The van der Waals surface area contributed by atoms with Crippen molar-refractivity contribution in [3.63, 3.8) is 0 Å². The lowest BCUT2D eigenvalue weighted by Gasteiger charge is -2.16. The summed E-state index contributed by atoms with van der Waals surface area (Å²) < 4.78 is 7.12. The van der Waals surface area contributed by atoms with Gasteiger partial charge >= 0.3 is 0 Å². The molecule has 1 aliphatic rings. The van der Waals surface area contributed by atoms with Gasteiger partial charge in [0.25, 0.3) is 0 Å². The van der Waals surface area contributed by atoms with Crippen LogP contribution in [-0.2, 0) is 4.74 Å². The first kappa shape index (κ1) is 13.0. The summed E-state index contributed by atoms with van der Waals surface area (Å²) in [6.45, 7) is -0.235. The number of fused-ring (bicyclic) bond motifs is 1. The first-order chi connectivity index (χ1) is 9.13. The molecule has 0 amide bonds. The van der Waals surface area contributed by atoms with E-state index in [9.17, 15) is 5.11 Å². The molecule has 4 N–H and O–H groups in total. The minimum absolute atomic E-state index is 0.219. The molecule has 4 atom stereocenters. The van der Waals surface area contributed by atoms with Crippen molar-refractivity contribution in [3.8, 4) is 0 Å². The number of nitrogens with zero attached hydrogens (tertiary/aromatic N) is 4. The number of anilines is 1. The third-order valence-corrected chi connectivity index (χ3v) is 4.49. The van der Waals surface area contributed by atoms with Crippen molar-refractivity contribution in [2.24, 2.45) is 0 Å². The molecule has 0 aromatic carbocycles. The van der Waals surface area contributed by atoms with E-state index in [1.54, 1.807) is 10.9 Å². The van der Waals surface area contributed by atoms with Gasteiger partial charge < -0.3 is 20.7 Å². The molecule has 2 aromatic rings. The zero-order valence-electron chi connectivity index (χ0n) is 9.72. The zero-order chi connectivity index (χ0) is 13.6. The maximum Gasteiger partial charge on any atom is 0.167 e. The smallest absolute Gasteiger partial charge is 0.167 e. The topological polar surface area (TPSA) is 119 Å². The van der Waals surface area contributed by atoms with Crippen LogP contribution >= 0.6 is 22.6 Å². The van der Waals surface area contributed by atoms with Gasteiger partial charge in [-0.1, -0.05) is 22.6 Å². The fourth-order valence-corrected chi connectivity index (χ4v) is 3.11. The Balaban J connectivity index is 2.04. The lowest BCUT2D eigenvalue weighted by Crippen LogP contribution is -2.29. The molecule has 0 aliphatic carbocycles. The lowest BCUT2D eigenvalue weighted by molar-refractivity contribution is -0.0429. The summed E-state index contributed by atoms with van der Waals surface area (Å²) in [5, 5.41) is 19.1. The molecular formula is C10H12IN5O3. The molecular weight excluding hydrogens is 365 g/mol. The molecule has 0 unspecified atom stereocenters. The highest BCUT2D eigenvalue weighted by atomic mass is 127. The molecule has 3 rings (SSSR count). The number of aliphatic hydroxyl groups excluding tert-OH is 2. The van der Waals surface area contributed by atoms with Crippen LogP contribution in [0, 0.1) is 0 Å². The Labute approximate surface area is 121 Å². The van der Waals surface area contributed by atoms with Gasteiger partial charge in [-0.15, -0.1) is 0 Å². The molecule has 0 saturated carbocycles. The standard InChI is InChI=1S/C10H12IN5O3/c11-5-7(18)4(1-17)19-10(5)16-3-15-6-8(12)13-2-14-9(6)16/h2-5,7,10,17-18H,1H2,(H2,12,13,14)/t4-,5-,7+,10-/m1/s1. The quantitative estimate of drug-likeness (QED) is 0.475. The van der Waals surface area contributed by atoms with E-state index in [1.807, 2.05) is 0 Å². The molecule has 19 heavy (non-hydrogen) atoms. The van der Waals surface area contributed by atoms with Crippen LogP contribution in [0.3, 0.4) is 0 Å². The first-order valence-corrected chi connectivity index (χ1v) is 6.89. The highest BCUT2D eigenvalue weighted by Crippen LogP contribution is 2.36.